The van der Waals surface area contributed by atoms with Crippen molar-refractivity contribution in [1.82, 2.24) is 4.98 Å². The van der Waals surface area contributed by atoms with Crippen LogP contribution in [0.4, 0.5) is 0 Å². The highest BCUT2D eigenvalue weighted by Crippen LogP contribution is 2.07. The first-order valence-corrected chi connectivity index (χ1v) is 4.03. The van der Waals surface area contributed by atoms with Gasteiger partial charge in [0.05, 0.1) is 18.7 Å². The molecule has 0 saturated heterocycles. The fourth-order valence-electron chi connectivity index (χ4n) is 0.939. The number of aromatic nitrogens is 1. The molecule has 4 nitrogen and oxygen atoms in total. The average molecular weight is 181 g/mol. The number of aliphatic carboxylic acids is 1. The van der Waals surface area contributed by atoms with Crippen LogP contribution in [0.1, 0.15) is 12.6 Å². The zero-order valence-electron chi connectivity index (χ0n) is 7.36. The first-order valence-electron chi connectivity index (χ1n) is 4.03. The topological polar surface area (TPSA) is 59.4 Å². The molecule has 0 aliphatic rings. The molecule has 0 spiro atoms. The first-order chi connectivity index (χ1) is 6.22. The van der Waals surface area contributed by atoms with Gasteiger partial charge in [-0.1, -0.05) is 6.07 Å². The average Bonchev–Trinajstić information content (AvgIpc) is 2.04. The number of rotatable bonds is 4. The summed E-state index contributed by atoms with van der Waals surface area (Å²) < 4.78 is 5.12. The summed E-state index contributed by atoms with van der Waals surface area (Å²) in [5.41, 5.74) is 0.512. The van der Waals surface area contributed by atoms with E-state index in [0.717, 1.165) is 0 Å². The van der Waals surface area contributed by atoms with Gasteiger partial charge in [0, 0.05) is 6.07 Å². The van der Waals surface area contributed by atoms with E-state index in [-0.39, 0.29) is 6.42 Å². The Kier molecular flexibility index (Phi) is 3.25. The fourth-order valence-corrected chi connectivity index (χ4v) is 0.939. The van der Waals surface area contributed by atoms with Gasteiger partial charge in [-0.2, -0.15) is 0 Å². The van der Waals surface area contributed by atoms with Gasteiger partial charge in [-0.25, -0.2) is 4.98 Å². The lowest BCUT2D eigenvalue weighted by molar-refractivity contribution is -0.136. The third-order valence-electron chi connectivity index (χ3n) is 1.41. The second kappa shape index (κ2) is 4.45. The minimum Gasteiger partial charge on any atom is -0.481 e. The molecular formula is C9H11NO3. The summed E-state index contributed by atoms with van der Waals surface area (Å²) in [6.07, 6.45) is -0.0685. The molecule has 1 rings (SSSR count). The van der Waals surface area contributed by atoms with Crippen molar-refractivity contribution in [2.75, 3.05) is 6.61 Å². The maximum atomic E-state index is 10.4. The Hall–Kier alpha value is -1.58. The Labute approximate surface area is 76.2 Å². The molecule has 0 saturated carbocycles. The second-order valence-corrected chi connectivity index (χ2v) is 2.47. The summed E-state index contributed by atoms with van der Waals surface area (Å²) in [6.45, 7) is 2.38. The van der Waals surface area contributed by atoms with E-state index in [1.165, 1.54) is 0 Å². The van der Waals surface area contributed by atoms with Gasteiger partial charge in [0.25, 0.3) is 0 Å². The van der Waals surface area contributed by atoms with E-state index in [2.05, 4.69) is 4.98 Å². The summed E-state index contributed by atoms with van der Waals surface area (Å²) >= 11 is 0. The third-order valence-corrected chi connectivity index (χ3v) is 1.41. The highest BCUT2D eigenvalue weighted by Gasteiger charge is 2.02. The van der Waals surface area contributed by atoms with Crippen molar-refractivity contribution in [2.24, 2.45) is 0 Å². The summed E-state index contributed by atoms with van der Waals surface area (Å²) in [5, 5.41) is 8.51. The lowest BCUT2D eigenvalue weighted by Crippen LogP contribution is -2.03. The number of carbonyl (C=O) groups is 1. The van der Waals surface area contributed by atoms with Gasteiger partial charge < -0.3 is 9.84 Å². The van der Waals surface area contributed by atoms with Crippen molar-refractivity contribution >= 4 is 5.97 Å². The van der Waals surface area contributed by atoms with Gasteiger partial charge in [-0.05, 0) is 13.0 Å². The number of ether oxygens (including phenoxy) is 1. The van der Waals surface area contributed by atoms with E-state index >= 15 is 0 Å². The van der Waals surface area contributed by atoms with Crippen LogP contribution in [-0.2, 0) is 11.2 Å². The summed E-state index contributed by atoms with van der Waals surface area (Å²) in [5.74, 6) is -0.414. The zero-order chi connectivity index (χ0) is 9.68. The number of pyridine rings is 1. The Bertz CT molecular complexity index is 299. The quantitative estimate of drug-likeness (QED) is 0.755. The van der Waals surface area contributed by atoms with Crippen LogP contribution < -0.4 is 4.74 Å². The van der Waals surface area contributed by atoms with Crippen molar-refractivity contribution in [1.29, 1.82) is 0 Å². The largest absolute Gasteiger partial charge is 0.481 e. The van der Waals surface area contributed by atoms with Gasteiger partial charge in [-0.15, -0.1) is 0 Å². The molecule has 0 unspecified atom stereocenters. The maximum Gasteiger partial charge on any atom is 0.309 e. The Morgan fingerprint density at radius 1 is 1.62 bits per heavy atom. The van der Waals surface area contributed by atoms with Crippen LogP contribution in [0.2, 0.25) is 0 Å². The molecule has 0 atom stereocenters. The van der Waals surface area contributed by atoms with E-state index < -0.39 is 5.97 Å². The molecule has 70 valence electrons. The Morgan fingerprint density at radius 2 is 2.38 bits per heavy atom. The third kappa shape index (κ3) is 3.11. The predicted molar refractivity (Wildman–Crippen MR) is 46.7 cm³/mol. The first kappa shape index (κ1) is 9.51. The van der Waals surface area contributed by atoms with E-state index in [9.17, 15) is 4.79 Å². The van der Waals surface area contributed by atoms with Crippen LogP contribution in [0.15, 0.2) is 18.2 Å². The van der Waals surface area contributed by atoms with E-state index in [1.54, 1.807) is 18.2 Å². The molecular weight excluding hydrogens is 170 g/mol. The molecule has 0 radical (unpaired) electrons. The summed E-state index contributed by atoms with van der Waals surface area (Å²) in [4.78, 5) is 14.4. The molecule has 0 bridgehead atoms. The zero-order valence-corrected chi connectivity index (χ0v) is 7.36. The SMILES string of the molecule is CCOc1cccc(CC(=O)O)n1. The molecule has 0 fully saturated rings. The van der Waals surface area contributed by atoms with Gasteiger partial charge in [0.1, 0.15) is 0 Å². The maximum absolute atomic E-state index is 10.4. The monoisotopic (exact) mass is 181 g/mol. The van der Waals surface area contributed by atoms with Crippen molar-refractivity contribution < 1.29 is 14.6 Å². The number of carboxylic acid groups (broad SMARTS) is 1. The molecule has 1 aromatic rings. The van der Waals surface area contributed by atoms with Crippen LogP contribution in [0, 0.1) is 0 Å². The normalized spacial score (nSPS) is 9.62. The number of carboxylic acids is 1. The number of hydrogen-bond acceptors (Lipinski definition) is 3. The highest BCUT2D eigenvalue weighted by molar-refractivity contribution is 5.69. The van der Waals surface area contributed by atoms with E-state index in [4.69, 9.17) is 9.84 Å². The Morgan fingerprint density at radius 3 is 3.00 bits per heavy atom. The lowest BCUT2D eigenvalue weighted by Gasteiger charge is -2.02. The summed E-state index contributed by atoms with van der Waals surface area (Å²) in [6, 6.07) is 5.10. The fraction of sp³-hybridized carbons (Fsp3) is 0.333. The number of nitrogens with zero attached hydrogens (tertiary/aromatic N) is 1. The highest BCUT2D eigenvalue weighted by atomic mass is 16.5. The molecule has 1 N–H and O–H groups in total. The minimum atomic E-state index is -0.888. The molecule has 0 amide bonds. The summed E-state index contributed by atoms with van der Waals surface area (Å²) in [7, 11) is 0. The van der Waals surface area contributed by atoms with Crippen molar-refractivity contribution in [2.45, 2.75) is 13.3 Å². The van der Waals surface area contributed by atoms with Crippen LogP contribution in [0.25, 0.3) is 0 Å². The van der Waals surface area contributed by atoms with Crippen molar-refractivity contribution in [3.8, 4) is 5.88 Å². The molecule has 1 aromatic heterocycles. The van der Waals surface area contributed by atoms with Gasteiger partial charge >= 0.3 is 5.97 Å². The van der Waals surface area contributed by atoms with Crippen molar-refractivity contribution in [3.05, 3.63) is 23.9 Å². The van der Waals surface area contributed by atoms with Crippen LogP contribution in [0.5, 0.6) is 5.88 Å². The van der Waals surface area contributed by atoms with E-state index in [1.807, 2.05) is 6.92 Å². The minimum absolute atomic E-state index is 0.0685. The Balaban J connectivity index is 2.73. The standard InChI is InChI=1S/C9H11NO3/c1-2-13-8-5-3-4-7(10-8)6-9(11)12/h3-5H,2,6H2,1H3,(H,11,12). The molecule has 4 heteroatoms. The van der Waals surface area contributed by atoms with Gasteiger partial charge in [0.15, 0.2) is 0 Å². The molecule has 0 aromatic carbocycles. The molecule has 0 aliphatic heterocycles. The van der Waals surface area contributed by atoms with Gasteiger partial charge in [-0.3, -0.25) is 4.79 Å². The molecule has 13 heavy (non-hydrogen) atoms. The van der Waals surface area contributed by atoms with E-state index in [0.29, 0.717) is 18.2 Å². The lowest BCUT2D eigenvalue weighted by atomic mass is 10.3. The number of hydrogen-bond donors (Lipinski definition) is 1. The smallest absolute Gasteiger partial charge is 0.309 e. The van der Waals surface area contributed by atoms with Crippen molar-refractivity contribution in [3.63, 3.8) is 0 Å². The second-order valence-electron chi connectivity index (χ2n) is 2.47. The van der Waals surface area contributed by atoms with Crippen LogP contribution in [0.3, 0.4) is 0 Å². The van der Waals surface area contributed by atoms with Gasteiger partial charge in [0.2, 0.25) is 5.88 Å². The molecule has 0 aliphatic carbocycles. The van der Waals surface area contributed by atoms with Crippen LogP contribution >= 0.6 is 0 Å². The molecule has 1 heterocycles. The predicted octanol–water partition coefficient (Wildman–Crippen LogP) is 1.11. The van der Waals surface area contributed by atoms with Crippen LogP contribution in [-0.4, -0.2) is 22.7 Å².